The van der Waals surface area contributed by atoms with Gasteiger partial charge in [0.05, 0.1) is 98.9 Å². The van der Waals surface area contributed by atoms with E-state index in [4.69, 9.17) is 53.5 Å². The minimum absolute atomic E-state index is 0.0155. The Labute approximate surface area is 240 Å². The van der Waals surface area contributed by atoms with Gasteiger partial charge < -0.3 is 53.5 Å². The minimum atomic E-state index is -1.56. The van der Waals surface area contributed by atoms with Crippen LogP contribution >= 0.6 is 0 Å². The van der Waals surface area contributed by atoms with E-state index in [1.807, 2.05) is 12.1 Å². The zero-order valence-electron chi connectivity index (χ0n) is 23.5. The van der Waals surface area contributed by atoms with Crippen LogP contribution in [0.2, 0.25) is 0 Å². The molecule has 0 saturated carbocycles. The fourth-order valence-electron chi connectivity index (χ4n) is 2.81. The molecule has 14 heteroatoms. The number of aliphatic carboxylic acids is 1. The molecule has 1 rings (SSSR count). The van der Waals surface area contributed by atoms with Crippen LogP contribution in [0, 0.1) is 0 Å². The molecule has 0 fully saturated rings. The number of esters is 1. The van der Waals surface area contributed by atoms with Gasteiger partial charge in [-0.15, -0.1) is 0 Å². The monoisotopic (exact) mass is 589 g/mol. The van der Waals surface area contributed by atoms with E-state index in [1.165, 1.54) is 0 Å². The van der Waals surface area contributed by atoms with Crippen LogP contribution in [0.5, 0.6) is 5.75 Å². The molecule has 0 radical (unpaired) electrons. The van der Waals surface area contributed by atoms with Crippen molar-refractivity contribution in [3.8, 4) is 5.75 Å². The maximum Gasteiger partial charge on any atom is 0.372 e. The summed E-state index contributed by atoms with van der Waals surface area (Å²) in [6, 6.07) is 7.20. The number of Topliss-reactive ketones (excluding diaryl/α,β-unsaturated/α-hetero) is 1. The number of hydrogen-bond acceptors (Lipinski definition) is 13. The number of carbonyl (C=O) groups excluding carboxylic acids is 2. The molecular weight excluding hydrogens is 546 g/mol. The normalized spacial score (nSPS) is 10.9. The third-order valence-corrected chi connectivity index (χ3v) is 4.89. The molecule has 0 amide bonds. The Morgan fingerprint density at radius 1 is 0.537 bits per heavy atom. The average Bonchev–Trinajstić information content (AvgIpc) is 2.96. The highest BCUT2D eigenvalue weighted by atomic mass is 16.6. The van der Waals surface area contributed by atoms with Gasteiger partial charge in [-0.05, 0) is 24.3 Å². The van der Waals surface area contributed by atoms with Gasteiger partial charge in [0.25, 0.3) is 0 Å². The summed E-state index contributed by atoms with van der Waals surface area (Å²) in [6.07, 6.45) is -0.657. The Bertz CT molecular complexity index is 807. The van der Waals surface area contributed by atoms with Gasteiger partial charge in [0.15, 0.2) is 0 Å². The summed E-state index contributed by atoms with van der Waals surface area (Å²) in [5.74, 6) is -2.48. The lowest BCUT2D eigenvalue weighted by Gasteiger charge is -2.09. The van der Waals surface area contributed by atoms with Crippen LogP contribution in [0.3, 0.4) is 0 Å². The summed E-state index contributed by atoms with van der Waals surface area (Å²) < 4.78 is 48.1. The van der Waals surface area contributed by atoms with Crippen molar-refractivity contribution in [3.05, 3.63) is 24.3 Å². The maximum absolute atomic E-state index is 11.3. The quantitative estimate of drug-likeness (QED) is 0.0578. The van der Waals surface area contributed by atoms with Gasteiger partial charge in [-0.2, -0.15) is 0 Å². The number of carboxylic acid groups (broad SMARTS) is 1. The van der Waals surface area contributed by atoms with E-state index in [1.54, 1.807) is 12.1 Å². The van der Waals surface area contributed by atoms with Crippen molar-refractivity contribution < 1.29 is 62.1 Å². The molecule has 0 atom stereocenters. The van der Waals surface area contributed by atoms with Gasteiger partial charge in [0.1, 0.15) is 19.0 Å². The third-order valence-electron chi connectivity index (χ3n) is 4.89. The lowest BCUT2D eigenvalue weighted by molar-refractivity contribution is -0.151. The molecule has 3 N–H and O–H groups in total. The first-order valence-electron chi connectivity index (χ1n) is 13.4. The predicted octanol–water partition coefficient (Wildman–Crippen LogP) is 0.741. The van der Waals surface area contributed by atoms with Crippen molar-refractivity contribution in [2.75, 3.05) is 111 Å². The molecule has 14 nitrogen and oxygen atoms in total. The zero-order valence-corrected chi connectivity index (χ0v) is 23.5. The van der Waals surface area contributed by atoms with Crippen molar-refractivity contribution in [1.82, 2.24) is 0 Å². The largest absolute Gasteiger partial charge is 0.491 e. The smallest absolute Gasteiger partial charge is 0.372 e. The fourth-order valence-corrected chi connectivity index (χ4v) is 2.81. The van der Waals surface area contributed by atoms with E-state index >= 15 is 0 Å². The summed E-state index contributed by atoms with van der Waals surface area (Å²) in [7, 11) is 0. The number of ketones is 1. The molecule has 0 spiro atoms. The van der Waals surface area contributed by atoms with Crippen molar-refractivity contribution in [2.24, 2.45) is 0 Å². The molecule has 1 aromatic carbocycles. The van der Waals surface area contributed by atoms with Crippen LogP contribution in [-0.2, 0) is 52.3 Å². The Balaban J connectivity index is 1.69. The molecule has 0 aromatic heterocycles. The highest BCUT2D eigenvalue weighted by Gasteiger charge is 2.14. The van der Waals surface area contributed by atoms with Crippen LogP contribution in [0.15, 0.2) is 24.3 Å². The topological polar surface area (TPSA) is 181 Å². The number of nitrogens with two attached hydrogens (primary N) is 1. The van der Waals surface area contributed by atoms with E-state index in [9.17, 15) is 14.4 Å². The molecule has 0 aliphatic carbocycles. The Morgan fingerprint density at radius 3 is 1.29 bits per heavy atom. The summed E-state index contributed by atoms with van der Waals surface area (Å²) in [5, 5.41) is 8.43. The SMILES string of the molecule is Nc1ccc(OCCOCCOCCOCCOCCOCCOCCOCCOC(=O)CCC(=O)C(=O)O)cc1. The second kappa shape index (κ2) is 26.1. The van der Waals surface area contributed by atoms with Crippen LogP contribution in [0.4, 0.5) is 5.69 Å². The van der Waals surface area contributed by atoms with E-state index in [0.29, 0.717) is 98.2 Å². The number of benzene rings is 1. The van der Waals surface area contributed by atoms with Gasteiger partial charge >= 0.3 is 11.9 Å². The predicted molar refractivity (Wildman–Crippen MR) is 145 cm³/mol. The molecule has 41 heavy (non-hydrogen) atoms. The summed E-state index contributed by atoms with van der Waals surface area (Å²) in [4.78, 5) is 32.6. The van der Waals surface area contributed by atoms with E-state index in [2.05, 4.69) is 0 Å². The summed E-state index contributed by atoms with van der Waals surface area (Å²) in [5.41, 5.74) is 6.32. The molecular formula is C27H43NO13. The van der Waals surface area contributed by atoms with Crippen LogP contribution in [0.1, 0.15) is 12.8 Å². The highest BCUT2D eigenvalue weighted by molar-refractivity contribution is 6.32. The van der Waals surface area contributed by atoms with Crippen LogP contribution in [-0.4, -0.2) is 129 Å². The van der Waals surface area contributed by atoms with Crippen molar-refractivity contribution in [2.45, 2.75) is 12.8 Å². The molecule has 0 saturated heterocycles. The van der Waals surface area contributed by atoms with Crippen molar-refractivity contribution in [1.29, 1.82) is 0 Å². The number of rotatable bonds is 29. The second-order valence-electron chi connectivity index (χ2n) is 8.15. The Hall–Kier alpha value is -2.85. The van der Waals surface area contributed by atoms with Crippen LogP contribution in [0.25, 0.3) is 0 Å². The molecule has 0 unspecified atom stereocenters. The highest BCUT2D eigenvalue weighted by Crippen LogP contribution is 2.12. The molecule has 0 aliphatic heterocycles. The number of nitrogen functional groups attached to an aromatic ring is 1. The number of ether oxygens (including phenoxy) is 9. The number of carboxylic acids is 1. The summed E-state index contributed by atoms with van der Waals surface area (Å²) in [6.45, 7) is 6.36. The number of hydrogen-bond donors (Lipinski definition) is 2. The average molecular weight is 590 g/mol. The van der Waals surface area contributed by atoms with Gasteiger partial charge in [-0.3, -0.25) is 9.59 Å². The first-order valence-corrected chi connectivity index (χ1v) is 13.4. The Kier molecular flexibility index (Phi) is 23.0. The van der Waals surface area contributed by atoms with Crippen molar-refractivity contribution in [3.63, 3.8) is 0 Å². The first kappa shape index (κ1) is 36.2. The molecule has 1 aromatic rings. The standard InChI is InChI=1S/C27H43NO13/c28-23-1-3-24(4-2-23)40-21-19-38-17-15-36-13-11-34-9-7-33-8-10-35-12-14-37-16-18-39-20-22-41-26(30)6-5-25(29)27(31)32/h1-4H,5-22,28H2,(H,31,32). The van der Waals surface area contributed by atoms with E-state index < -0.39 is 17.7 Å². The van der Waals surface area contributed by atoms with Gasteiger partial charge in [-0.1, -0.05) is 0 Å². The minimum Gasteiger partial charge on any atom is -0.491 e. The molecule has 0 bridgehead atoms. The zero-order chi connectivity index (χ0) is 29.8. The summed E-state index contributed by atoms with van der Waals surface area (Å²) >= 11 is 0. The van der Waals surface area contributed by atoms with Crippen LogP contribution < -0.4 is 10.5 Å². The van der Waals surface area contributed by atoms with Gasteiger partial charge in [-0.25, -0.2) is 4.79 Å². The fraction of sp³-hybridized carbons (Fsp3) is 0.667. The van der Waals surface area contributed by atoms with Crippen molar-refractivity contribution >= 4 is 23.4 Å². The number of carbonyl (C=O) groups is 3. The van der Waals surface area contributed by atoms with E-state index in [0.717, 1.165) is 5.75 Å². The molecule has 0 heterocycles. The third kappa shape index (κ3) is 23.5. The second-order valence-corrected chi connectivity index (χ2v) is 8.15. The van der Waals surface area contributed by atoms with Gasteiger partial charge in [0, 0.05) is 12.1 Å². The Morgan fingerprint density at radius 2 is 0.902 bits per heavy atom. The molecule has 0 aliphatic rings. The number of anilines is 1. The maximum atomic E-state index is 11.3. The first-order chi connectivity index (χ1) is 20.0. The van der Waals surface area contributed by atoms with Gasteiger partial charge in [0.2, 0.25) is 5.78 Å². The lowest BCUT2D eigenvalue weighted by atomic mass is 10.2. The lowest BCUT2D eigenvalue weighted by Crippen LogP contribution is -2.17. The van der Waals surface area contributed by atoms with E-state index in [-0.39, 0.29) is 26.1 Å². The molecule has 234 valence electrons.